The zero-order chi connectivity index (χ0) is 15.5. The molecule has 0 radical (unpaired) electrons. The molecule has 0 amide bonds. The maximum atomic E-state index is 5.98. The zero-order valence-corrected chi connectivity index (χ0v) is 13.7. The van der Waals surface area contributed by atoms with Gasteiger partial charge in [0.1, 0.15) is 0 Å². The van der Waals surface area contributed by atoms with Crippen LogP contribution in [0.25, 0.3) is 0 Å². The number of aryl methyl sites for hydroxylation is 1. The van der Waals surface area contributed by atoms with Crippen LogP contribution >= 0.6 is 11.6 Å². The smallest absolute Gasteiger partial charge is 0.0635 e. The third kappa shape index (κ3) is 3.54. The molecule has 0 atom stereocenters. The third-order valence-corrected chi connectivity index (χ3v) is 4.55. The van der Waals surface area contributed by atoms with E-state index in [1.165, 1.54) is 16.8 Å². The maximum absolute atomic E-state index is 5.98. The summed E-state index contributed by atoms with van der Waals surface area (Å²) in [5.74, 6) is 0. The molecule has 2 aromatic carbocycles. The topological polar surface area (TPSA) is 32.5 Å². The van der Waals surface area contributed by atoms with Crippen LogP contribution in [0.1, 0.15) is 11.1 Å². The molecular formula is C18H22ClN3. The predicted molar refractivity (Wildman–Crippen MR) is 94.5 cm³/mol. The molecule has 0 aliphatic carbocycles. The van der Waals surface area contributed by atoms with E-state index in [9.17, 15) is 0 Å². The molecule has 1 heterocycles. The van der Waals surface area contributed by atoms with E-state index < -0.39 is 0 Å². The van der Waals surface area contributed by atoms with Gasteiger partial charge in [0.25, 0.3) is 0 Å². The Morgan fingerprint density at radius 1 is 1.05 bits per heavy atom. The Bertz CT molecular complexity index is 649. The lowest BCUT2D eigenvalue weighted by atomic mass is 10.1. The van der Waals surface area contributed by atoms with Crippen LogP contribution < -0.4 is 10.6 Å². The highest BCUT2D eigenvalue weighted by molar-refractivity contribution is 6.33. The van der Waals surface area contributed by atoms with Gasteiger partial charge in [-0.1, -0.05) is 29.8 Å². The number of nitrogens with zero attached hydrogens (tertiary/aromatic N) is 2. The van der Waals surface area contributed by atoms with Crippen LogP contribution in [0.4, 0.5) is 11.4 Å². The van der Waals surface area contributed by atoms with E-state index in [2.05, 4.69) is 47.1 Å². The van der Waals surface area contributed by atoms with Gasteiger partial charge in [-0.2, -0.15) is 0 Å². The standard InChI is InChI=1S/C18H22ClN3/c1-14-3-2-4-16(11-14)22-9-7-21(8-10-22)13-15-5-6-17(19)18(20)12-15/h2-6,11-12H,7-10,13,20H2,1H3. The van der Waals surface area contributed by atoms with Crippen molar-refractivity contribution >= 4 is 23.0 Å². The second-order valence-electron chi connectivity index (χ2n) is 5.96. The summed E-state index contributed by atoms with van der Waals surface area (Å²) in [6, 6.07) is 14.7. The molecule has 3 rings (SSSR count). The van der Waals surface area contributed by atoms with E-state index in [-0.39, 0.29) is 0 Å². The number of rotatable bonds is 3. The van der Waals surface area contributed by atoms with Crippen molar-refractivity contribution in [3.63, 3.8) is 0 Å². The summed E-state index contributed by atoms with van der Waals surface area (Å²) < 4.78 is 0. The number of hydrogen-bond donors (Lipinski definition) is 1. The van der Waals surface area contributed by atoms with Crippen molar-refractivity contribution in [2.45, 2.75) is 13.5 Å². The first kappa shape index (κ1) is 15.2. The lowest BCUT2D eigenvalue weighted by Gasteiger charge is -2.36. The normalized spacial score (nSPS) is 16.0. The van der Waals surface area contributed by atoms with E-state index in [1.54, 1.807) is 0 Å². The predicted octanol–water partition coefficient (Wildman–Crippen LogP) is 3.55. The van der Waals surface area contributed by atoms with Crippen LogP contribution in [0.2, 0.25) is 5.02 Å². The van der Waals surface area contributed by atoms with Crippen molar-refractivity contribution in [1.82, 2.24) is 4.90 Å². The van der Waals surface area contributed by atoms with E-state index in [4.69, 9.17) is 17.3 Å². The van der Waals surface area contributed by atoms with Crippen molar-refractivity contribution in [3.05, 3.63) is 58.6 Å². The van der Waals surface area contributed by atoms with Gasteiger partial charge < -0.3 is 10.6 Å². The van der Waals surface area contributed by atoms with Gasteiger partial charge in [-0.05, 0) is 42.3 Å². The summed E-state index contributed by atoms with van der Waals surface area (Å²) in [5.41, 5.74) is 10.4. The first-order valence-corrected chi connectivity index (χ1v) is 8.07. The molecule has 1 saturated heterocycles. The van der Waals surface area contributed by atoms with E-state index in [0.29, 0.717) is 10.7 Å². The molecule has 1 aliphatic heterocycles. The largest absolute Gasteiger partial charge is 0.398 e. The molecule has 1 fully saturated rings. The summed E-state index contributed by atoms with van der Waals surface area (Å²) >= 11 is 5.98. The Morgan fingerprint density at radius 3 is 2.50 bits per heavy atom. The fraction of sp³-hybridized carbons (Fsp3) is 0.333. The molecule has 0 saturated carbocycles. The average molecular weight is 316 g/mol. The third-order valence-electron chi connectivity index (χ3n) is 4.21. The molecule has 1 aliphatic rings. The van der Waals surface area contributed by atoms with E-state index in [1.807, 2.05) is 12.1 Å². The fourth-order valence-corrected chi connectivity index (χ4v) is 3.06. The summed E-state index contributed by atoms with van der Waals surface area (Å²) in [7, 11) is 0. The van der Waals surface area contributed by atoms with Gasteiger partial charge in [0.05, 0.1) is 10.7 Å². The SMILES string of the molecule is Cc1cccc(N2CCN(Cc3ccc(Cl)c(N)c3)CC2)c1. The van der Waals surface area contributed by atoms with Crippen LogP contribution in [0.3, 0.4) is 0 Å². The summed E-state index contributed by atoms with van der Waals surface area (Å²) in [6.45, 7) is 7.33. The molecule has 3 nitrogen and oxygen atoms in total. The molecule has 2 N–H and O–H groups in total. The highest BCUT2D eigenvalue weighted by atomic mass is 35.5. The second kappa shape index (κ2) is 6.59. The highest BCUT2D eigenvalue weighted by Gasteiger charge is 2.17. The number of benzene rings is 2. The number of nitrogens with two attached hydrogens (primary N) is 1. The minimum absolute atomic E-state index is 0.632. The Kier molecular flexibility index (Phi) is 4.55. The van der Waals surface area contributed by atoms with Gasteiger partial charge in [-0.15, -0.1) is 0 Å². The molecule has 0 spiro atoms. The summed E-state index contributed by atoms with van der Waals surface area (Å²) in [4.78, 5) is 4.93. The van der Waals surface area contributed by atoms with Crippen LogP contribution in [0, 0.1) is 6.92 Å². The molecule has 116 valence electrons. The molecule has 2 aromatic rings. The maximum Gasteiger partial charge on any atom is 0.0635 e. The van der Waals surface area contributed by atoms with Crippen LogP contribution in [-0.2, 0) is 6.54 Å². The lowest BCUT2D eigenvalue weighted by molar-refractivity contribution is 0.250. The fourth-order valence-electron chi connectivity index (χ4n) is 2.94. The van der Waals surface area contributed by atoms with Crippen molar-refractivity contribution in [1.29, 1.82) is 0 Å². The Morgan fingerprint density at radius 2 is 1.82 bits per heavy atom. The molecule has 4 heteroatoms. The molecule has 0 bridgehead atoms. The van der Waals surface area contributed by atoms with Crippen molar-refractivity contribution in [3.8, 4) is 0 Å². The minimum atomic E-state index is 0.632. The van der Waals surface area contributed by atoms with Gasteiger partial charge in [0.2, 0.25) is 0 Å². The number of nitrogen functional groups attached to an aromatic ring is 1. The Labute approximate surface area is 137 Å². The Hall–Kier alpha value is -1.71. The molecule has 0 unspecified atom stereocenters. The minimum Gasteiger partial charge on any atom is -0.398 e. The van der Waals surface area contributed by atoms with E-state index >= 15 is 0 Å². The number of hydrogen-bond acceptors (Lipinski definition) is 3. The van der Waals surface area contributed by atoms with Gasteiger partial charge in [0.15, 0.2) is 0 Å². The molecule has 0 aromatic heterocycles. The average Bonchev–Trinajstić information content (AvgIpc) is 2.52. The van der Waals surface area contributed by atoms with Crippen LogP contribution in [-0.4, -0.2) is 31.1 Å². The second-order valence-corrected chi connectivity index (χ2v) is 6.37. The number of anilines is 2. The lowest BCUT2D eigenvalue weighted by Crippen LogP contribution is -2.46. The molecular weight excluding hydrogens is 294 g/mol. The summed E-state index contributed by atoms with van der Waals surface area (Å²) in [6.07, 6.45) is 0. The zero-order valence-electron chi connectivity index (χ0n) is 12.9. The first-order chi connectivity index (χ1) is 10.6. The Balaban J connectivity index is 1.58. The van der Waals surface area contributed by atoms with Crippen molar-refractivity contribution < 1.29 is 0 Å². The van der Waals surface area contributed by atoms with E-state index in [0.717, 1.165) is 32.7 Å². The summed E-state index contributed by atoms with van der Waals surface area (Å²) in [5, 5.41) is 0.632. The van der Waals surface area contributed by atoms with Crippen molar-refractivity contribution in [2.75, 3.05) is 36.8 Å². The van der Waals surface area contributed by atoms with Gasteiger partial charge in [0, 0.05) is 38.4 Å². The van der Waals surface area contributed by atoms with Gasteiger partial charge in [-0.3, -0.25) is 4.90 Å². The number of halogens is 1. The van der Waals surface area contributed by atoms with Gasteiger partial charge in [-0.25, -0.2) is 0 Å². The van der Waals surface area contributed by atoms with Crippen LogP contribution in [0.5, 0.6) is 0 Å². The molecule has 22 heavy (non-hydrogen) atoms. The van der Waals surface area contributed by atoms with Crippen LogP contribution in [0.15, 0.2) is 42.5 Å². The first-order valence-electron chi connectivity index (χ1n) is 7.70. The number of piperazine rings is 1. The monoisotopic (exact) mass is 315 g/mol. The van der Waals surface area contributed by atoms with Gasteiger partial charge >= 0.3 is 0 Å². The van der Waals surface area contributed by atoms with Crippen molar-refractivity contribution in [2.24, 2.45) is 0 Å². The highest BCUT2D eigenvalue weighted by Crippen LogP contribution is 2.22. The quantitative estimate of drug-likeness (QED) is 0.879.